The van der Waals surface area contributed by atoms with E-state index >= 15 is 0 Å². The van der Waals surface area contributed by atoms with E-state index in [0.29, 0.717) is 28.1 Å². The van der Waals surface area contributed by atoms with E-state index < -0.39 is 0 Å². The smallest absolute Gasteiger partial charge is 0.258 e. The van der Waals surface area contributed by atoms with Crippen LogP contribution in [0.3, 0.4) is 0 Å². The minimum atomic E-state index is -0.373. The van der Waals surface area contributed by atoms with Crippen molar-refractivity contribution in [2.24, 2.45) is 0 Å². The van der Waals surface area contributed by atoms with E-state index in [1.807, 2.05) is 25.1 Å². The normalized spacial score (nSPS) is 17.1. The molecule has 0 saturated carbocycles. The average Bonchev–Trinajstić information content (AvgIpc) is 3.19. The van der Waals surface area contributed by atoms with Crippen molar-refractivity contribution in [1.29, 1.82) is 0 Å². The van der Waals surface area contributed by atoms with Gasteiger partial charge < -0.3 is 25.2 Å². The average molecular weight is 473 g/mol. The number of halogens is 1. The SMILES string of the molecule is COc1cccc(F)c1-c1ccc2c(c1)/C(=C(\C)Nc1ccc(N3CCN(C)CC3)cc1)C(=O)N2. The number of carbonyl (C=O) groups excluding carboxylic acids is 1. The number of nitrogens with one attached hydrogen (secondary N) is 2. The number of amides is 1. The van der Waals surface area contributed by atoms with E-state index in [1.165, 1.54) is 18.9 Å². The highest BCUT2D eigenvalue weighted by atomic mass is 19.1. The molecular formula is C28H29FN4O2. The number of benzene rings is 3. The Bertz CT molecular complexity index is 1290. The molecule has 2 N–H and O–H groups in total. The van der Waals surface area contributed by atoms with Crippen LogP contribution in [0, 0.1) is 5.82 Å². The number of piperazine rings is 1. The third-order valence-corrected chi connectivity index (χ3v) is 6.69. The second-order valence-corrected chi connectivity index (χ2v) is 8.99. The van der Waals surface area contributed by atoms with Gasteiger partial charge in [-0.2, -0.15) is 0 Å². The van der Waals surface area contributed by atoms with Crippen LogP contribution >= 0.6 is 0 Å². The molecule has 3 aromatic carbocycles. The summed E-state index contributed by atoms with van der Waals surface area (Å²) >= 11 is 0. The summed E-state index contributed by atoms with van der Waals surface area (Å²) in [7, 11) is 3.67. The van der Waals surface area contributed by atoms with Gasteiger partial charge in [-0.15, -0.1) is 0 Å². The maximum absolute atomic E-state index is 14.7. The van der Waals surface area contributed by atoms with Crippen molar-refractivity contribution in [2.75, 3.05) is 55.9 Å². The Morgan fingerprint density at radius 1 is 1.03 bits per heavy atom. The Balaban J connectivity index is 1.43. The molecule has 0 atom stereocenters. The fraction of sp³-hybridized carbons (Fsp3) is 0.250. The van der Waals surface area contributed by atoms with Gasteiger partial charge in [0.25, 0.3) is 5.91 Å². The Labute approximate surface area is 205 Å². The van der Waals surface area contributed by atoms with Crippen LogP contribution < -0.4 is 20.3 Å². The second-order valence-electron chi connectivity index (χ2n) is 8.99. The number of hydrogen-bond donors (Lipinski definition) is 2. The Morgan fingerprint density at radius 3 is 2.49 bits per heavy atom. The number of likely N-dealkylation sites (N-methyl/N-ethyl adjacent to an activating group) is 1. The molecule has 180 valence electrons. The fourth-order valence-corrected chi connectivity index (χ4v) is 4.75. The molecular weight excluding hydrogens is 443 g/mol. The molecule has 3 aromatic rings. The van der Waals surface area contributed by atoms with E-state index in [1.54, 1.807) is 24.3 Å². The van der Waals surface area contributed by atoms with Gasteiger partial charge in [-0.3, -0.25) is 4.79 Å². The van der Waals surface area contributed by atoms with E-state index in [4.69, 9.17) is 4.74 Å². The van der Waals surface area contributed by atoms with Crippen molar-refractivity contribution in [1.82, 2.24) is 4.90 Å². The summed E-state index contributed by atoms with van der Waals surface area (Å²) in [6.07, 6.45) is 0. The molecule has 6 nitrogen and oxygen atoms in total. The van der Waals surface area contributed by atoms with Crippen LogP contribution in [0.2, 0.25) is 0 Å². The number of hydrogen-bond acceptors (Lipinski definition) is 5. The summed E-state index contributed by atoms with van der Waals surface area (Å²) in [6, 6.07) is 18.5. The molecule has 2 aliphatic rings. The van der Waals surface area contributed by atoms with Crippen molar-refractivity contribution >= 4 is 28.5 Å². The van der Waals surface area contributed by atoms with Gasteiger partial charge in [0.1, 0.15) is 11.6 Å². The predicted molar refractivity (Wildman–Crippen MR) is 139 cm³/mol. The number of methoxy groups -OCH3 is 1. The summed E-state index contributed by atoms with van der Waals surface area (Å²) in [5.41, 5.74) is 5.83. The van der Waals surface area contributed by atoms with Gasteiger partial charge in [0.05, 0.1) is 18.2 Å². The highest BCUT2D eigenvalue weighted by Crippen LogP contribution is 2.40. The maximum Gasteiger partial charge on any atom is 0.258 e. The molecule has 0 radical (unpaired) electrons. The first-order chi connectivity index (χ1) is 16.9. The van der Waals surface area contributed by atoms with Crippen molar-refractivity contribution in [3.8, 4) is 16.9 Å². The number of rotatable bonds is 5. The molecule has 2 heterocycles. The zero-order valence-electron chi connectivity index (χ0n) is 20.2. The Kier molecular flexibility index (Phi) is 6.17. The predicted octanol–water partition coefficient (Wildman–Crippen LogP) is 5.05. The van der Waals surface area contributed by atoms with Crippen molar-refractivity contribution in [3.63, 3.8) is 0 Å². The van der Waals surface area contributed by atoms with Crippen LogP contribution in [0.5, 0.6) is 5.75 Å². The third-order valence-electron chi connectivity index (χ3n) is 6.69. The van der Waals surface area contributed by atoms with Crippen molar-refractivity contribution in [2.45, 2.75) is 6.92 Å². The largest absolute Gasteiger partial charge is 0.496 e. The van der Waals surface area contributed by atoms with Crippen LogP contribution in [0.4, 0.5) is 21.5 Å². The Morgan fingerprint density at radius 2 is 1.77 bits per heavy atom. The molecule has 0 aromatic heterocycles. The van der Waals surface area contributed by atoms with E-state index in [0.717, 1.165) is 43.1 Å². The first kappa shape index (κ1) is 22.9. The lowest BCUT2D eigenvalue weighted by molar-refractivity contribution is -0.110. The number of carbonyl (C=O) groups is 1. The van der Waals surface area contributed by atoms with Gasteiger partial charge >= 0.3 is 0 Å². The molecule has 1 saturated heterocycles. The van der Waals surface area contributed by atoms with Gasteiger partial charge in [-0.1, -0.05) is 12.1 Å². The van der Waals surface area contributed by atoms with Crippen LogP contribution in [0.25, 0.3) is 16.7 Å². The molecule has 5 rings (SSSR count). The van der Waals surface area contributed by atoms with E-state index in [2.05, 4.69) is 39.6 Å². The second kappa shape index (κ2) is 9.43. The minimum Gasteiger partial charge on any atom is -0.496 e. The van der Waals surface area contributed by atoms with Crippen LogP contribution in [0.15, 0.2) is 66.4 Å². The molecule has 0 unspecified atom stereocenters. The van der Waals surface area contributed by atoms with Gasteiger partial charge in [-0.25, -0.2) is 4.39 Å². The molecule has 35 heavy (non-hydrogen) atoms. The first-order valence-electron chi connectivity index (χ1n) is 11.7. The van der Waals surface area contributed by atoms with Crippen LogP contribution in [-0.4, -0.2) is 51.1 Å². The van der Waals surface area contributed by atoms with Gasteiger partial charge in [0.2, 0.25) is 0 Å². The quantitative estimate of drug-likeness (QED) is 0.509. The molecule has 0 spiro atoms. The molecule has 0 aliphatic carbocycles. The van der Waals surface area contributed by atoms with Crippen LogP contribution in [0.1, 0.15) is 12.5 Å². The van der Waals surface area contributed by atoms with Crippen molar-refractivity contribution in [3.05, 3.63) is 77.7 Å². The van der Waals surface area contributed by atoms with E-state index in [-0.39, 0.29) is 11.7 Å². The lowest BCUT2D eigenvalue weighted by atomic mass is 9.97. The van der Waals surface area contributed by atoms with Crippen LogP contribution in [-0.2, 0) is 4.79 Å². The summed E-state index contributed by atoms with van der Waals surface area (Å²) < 4.78 is 20.1. The van der Waals surface area contributed by atoms with E-state index in [9.17, 15) is 9.18 Å². The number of anilines is 3. The van der Waals surface area contributed by atoms with Crippen molar-refractivity contribution < 1.29 is 13.9 Å². The van der Waals surface area contributed by atoms with Gasteiger partial charge in [0.15, 0.2) is 0 Å². The minimum absolute atomic E-state index is 0.184. The number of nitrogens with zero attached hydrogens (tertiary/aromatic N) is 2. The standard InChI is InChI=1S/C28H29FN4O2/c1-18(30-20-8-10-21(11-9-20)33-15-13-32(2)14-16-33)26-22-17-19(7-12-24(22)31-28(26)34)27-23(29)5-4-6-25(27)35-3/h4-12,17,30H,13-16H2,1-3H3,(H,31,34)/b26-18-. The molecule has 7 heteroatoms. The van der Waals surface area contributed by atoms with Gasteiger partial charge in [0, 0.05) is 54.5 Å². The van der Waals surface area contributed by atoms with Gasteiger partial charge in [-0.05, 0) is 68.1 Å². The lowest BCUT2D eigenvalue weighted by Gasteiger charge is -2.34. The third kappa shape index (κ3) is 4.47. The highest BCUT2D eigenvalue weighted by Gasteiger charge is 2.27. The monoisotopic (exact) mass is 472 g/mol. The summed E-state index contributed by atoms with van der Waals surface area (Å²) in [6.45, 7) is 6.02. The molecule has 1 amide bonds. The summed E-state index contributed by atoms with van der Waals surface area (Å²) in [4.78, 5) is 17.6. The summed E-state index contributed by atoms with van der Waals surface area (Å²) in [5.74, 6) is -0.109. The first-order valence-corrected chi connectivity index (χ1v) is 11.7. The molecule has 1 fully saturated rings. The Hall–Kier alpha value is -3.84. The number of allylic oxidation sites excluding steroid dienone is 1. The number of fused-ring (bicyclic) bond motifs is 1. The molecule has 2 aliphatic heterocycles. The highest BCUT2D eigenvalue weighted by molar-refractivity contribution is 6.32. The number of ether oxygens (including phenoxy) is 1. The topological polar surface area (TPSA) is 56.8 Å². The lowest BCUT2D eigenvalue weighted by Crippen LogP contribution is -2.44. The zero-order valence-corrected chi connectivity index (χ0v) is 20.2. The zero-order chi connectivity index (χ0) is 24.5. The molecule has 0 bridgehead atoms. The fourth-order valence-electron chi connectivity index (χ4n) is 4.75. The maximum atomic E-state index is 14.7. The summed E-state index contributed by atoms with van der Waals surface area (Å²) in [5, 5.41) is 6.30.